The molecule has 6 nitrogen and oxygen atoms in total. The second-order valence-corrected chi connectivity index (χ2v) is 4.88. The molecule has 1 aromatic carbocycles. The SMILES string of the molecule is CC(=O)NCCC(O)C(O)c1ccccc1CCC(=O)O. The van der Waals surface area contributed by atoms with Gasteiger partial charge < -0.3 is 20.6 Å². The maximum atomic E-state index is 10.8. The highest BCUT2D eigenvalue weighted by molar-refractivity contribution is 5.72. The largest absolute Gasteiger partial charge is 0.481 e. The third kappa shape index (κ3) is 5.93. The zero-order valence-electron chi connectivity index (χ0n) is 12.0. The van der Waals surface area contributed by atoms with Crippen molar-refractivity contribution in [1.29, 1.82) is 0 Å². The van der Waals surface area contributed by atoms with Crippen molar-refractivity contribution in [2.75, 3.05) is 6.54 Å². The third-order valence-electron chi connectivity index (χ3n) is 3.16. The fourth-order valence-electron chi connectivity index (χ4n) is 2.05. The summed E-state index contributed by atoms with van der Waals surface area (Å²) in [5, 5.41) is 31.4. The Hall–Kier alpha value is -1.92. The van der Waals surface area contributed by atoms with Crippen molar-refractivity contribution in [2.45, 2.75) is 38.4 Å². The van der Waals surface area contributed by atoms with Crippen molar-refractivity contribution < 1.29 is 24.9 Å². The van der Waals surface area contributed by atoms with Gasteiger partial charge in [0.25, 0.3) is 0 Å². The van der Waals surface area contributed by atoms with E-state index in [1.54, 1.807) is 24.3 Å². The number of aliphatic carboxylic acids is 1. The lowest BCUT2D eigenvalue weighted by atomic mass is 9.94. The molecular formula is C15H21NO5. The molecule has 0 radical (unpaired) electrons. The summed E-state index contributed by atoms with van der Waals surface area (Å²) in [6.45, 7) is 1.65. The van der Waals surface area contributed by atoms with Crippen LogP contribution in [0.2, 0.25) is 0 Å². The van der Waals surface area contributed by atoms with Crippen LogP contribution in [0.15, 0.2) is 24.3 Å². The smallest absolute Gasteiger partial charge is 0.303 e. The van der Waals surface area contributed by atoms with Crippen LogP contribution in [0.3, 0.4) is 0 Å². The fraction of sp³-hybridized carbons (Fsp3) is 0.467. The normalized spacial score (nSPS) is 13.5. The quantitative estimate of drug-likeness (QED) is 0.562. The number of aryl methyl sites for hydroxylation is 1. The Morgan fingerprint density at radius 3 is 2.52 bits per heavy atom. The standard InChI is InChI=1S/C15H21NO5/c1-10(17)16-9-8-13(18)15(21)12-5-3-2-4-11(12)6-7-14(19)20/h2-5,13,15,18,21H,6-9H2,1H3,(H,16,17)(H,19,20). The van der Waals surface area contributed by atoms with Crippen LogP contribution in [0.5, 0.6) is 0 Å². The zero-order chi connectivity index (χ0) is 15.8. The fourth-order valence-corrected chi connectivity index (χ4v) is 2.05. The molecule has 21 heavy (non-hydrogen) atoms. The number of carboxylic acids is 1. The van der Waals surface area contributed by atoms with E-state index in [1.165, 1.54) is 6.92 Å². The number of nitrogens with one attached hydrogen (secondary N) is 1. The molecule has 0 spiro atoms. The lowest BCUT2D eigenvalue weighted by Crippen LogP contribution is -2.28. The second-order valence-electron chi connectivity index (χ2n) is 4.88. The van der Waals surface area contributed by atoms with E-state index in [9.17, 15) is 19.8 Å². The van der Waals surface area contributed by atoms with Gasteiger partial charge in [0.15, 0.2) is 0 Å². The zero-order valence-corrected chi connectivity index (χ0v) is 12.0. The molecule has 0 saturated heterocycles. The van der Waals surface area contributed by atoms with E-state index in [2.05, 4.69) is 5.32 Å². The van der Waals surface area contributed by atoms with Gasteiger partial charge in [0, 0.05) is 19.9 Å². The van der Waals surface area contributed by atoms with Crippen LogP contribution < -0.4 is 5.32 Å². The molecule has 0 fully saturated rings. The topological polar surface area (TPSA) is 107 Å². The number of carboxylic acid groups (broad SMARTS) is 1. The molecule has 0 aromatic heterocycles. The molecular weight excluding hydrogens is 274 g/mol. The summed E-state index contributed by atoms with van der Waals surface area (Å²) < 4.78 is 0. The van der Waals surface area contributed by atoms with E-state index in [0.717, 1.165) is 0 Å². The van der Waals surface area contributed by atoms with E-state index >= 15 is 0 Å². The Kier molecular flexibility index (Phi) is 6.84. The first kappa shape index (κ1) is 17.1. The summed E-state index contributed by atoms with van der Waals surface area (Å²) >= 11 is 0. The Morgan fingerprint density at radius 2 is 1.90 bits per heavy atom. The summed E-state index contributed by atoms with van der Waals surface area (Å²) in [7, 11) is 0. The van der Waals surface area contributed by atoms with Gasteiger partial charge in [-0.1, -0.05) is 24.3 Å². The predicted molar refractivity (Wildman–Crippen MR) is 76.7 cm³/mol. The molecule has 1 rings (SSSR count). The first-order chi connectivity index (χ1) is 9.91. The van der Waals surface area contributed by atoms with Crippen molar-refractivity contribution in [3.8, 4) is 0 Å². The molecule has 2 atom stereocenters. The number of hydrogen-bond acceptors (Lipinski definition) is 4. The first-order valence-electron chi connectivity index (χ1n) is 6.82. The van der Waals surface area contributed by atoms with E-state index in [-0.39, 0.29) is 25.3 Å². The van der Waals surface area contributed by atoms with Crippen molar-refractivity contribution in [2.24, 2.45) is 0 Å². The minimum Gasteiger partial charge on any atom is -0.481 e. The molecule has 2 unspecified atom stereocenters. The highest BCUT2D eigenvalue weighted by Crippen LogP contribution is 2.23. The van der Waals surface area contributed by atoms with Crippen molar-refractivity contribution in [1.82, 2.24) is 5.32 Å². The van der Waals surface area contributed by atoms with E-state index < -0.39 is 18.2 Å². The predicted octanol–water partition coefficient (Wildman–Crippen LogP) is 0.624. The van der Waals surface area contributed by atoms with E-state index in [4.69, 9.17) is 5.11 Å². The van der Waals surface area contributed by atoms with Gasteiger partial charge in [-0.05, 0) is 24.0 Å². The number of aliphatic hydroxyl groups is 2. The number of carbonyl (C=O) groups is 2. The summed E-state index contributed by atoms with van der Waals surface area (Å²) in [6, 6.07) is 6.89. The van der Waals surface area contributed by atoms with Crippen LogP contribution >= 0.6 is 0 Å². The first-order valence-corrected chi connectivity index (χ1v) is 6.82. The van der Waals surface area contributed by atoms with Gasteiger partial charge in [0.05, 0.1) is 6.10 Å². The van der Waals surface area contributed by atoms with Gasteiger partial charge in [-0.2, -0.15) is 0 Å². The average Bonchev–Trinajstić information content (AvgIpc) is 2.44. The van der Waals surface area contributed by atoms with Crippen molar-refractivity contribution >= 4 is 11.9 Å². The Bertz CT molecular complexity index is 489. The van der Waals surface area contributed by atoms with Crippen LogP contribution in [0.4, 0.5) is 0 Å². The van der Waals surface area contributed by atoms with E-state index in [0.29, 0.717) is 17.5 Å². The summed E-state index contributed by atoms with van der Waals surface area (Å²) in [6.07, 6.45) is -1.66. The van der Waals surface area contributed by atoms with Gasteiger partial charge in [0.2, 0.25) is 5.91 Å². The van der Waals surface area contributed by atoms with Crippen molar-refractivity contribution in [3.63, 3.8) is 0 Å². The summed E-state index contributed by atoms with van der Waals surface area (Å²) in [4.78, 5) is 21.4. The Morgan fingerprint density at radius 1 is 1.24 bits per heavy atom. The molecule has 0 aliphatic carbocycles. The molecule has 0 heterocycles. The number of aliphatic hydroxyl groups excluding tert-OH is 2. The minimum atomic E-state index is -1.11. The van der Waals surface area contributed by atoms with Gasteiger partial charge >= 0.3 is 5.97 Å². The lowest BCUT2D eigenvalue weighted by Gasteiger charge is -2.21. The van der Waals surface area contributed by atoms with Gasteiger partial charge in [-0.15, -0.1) is 0 Å². The van der Waals surface area contributed by atoms with Crippen LogP contribution in [0.25, 0.3) is 0 Å². The maximum Gasteiger partial charge on any atom is 0.303 e. The van der Waals surface area contributed by atoms with Gasteiger partial charge in [0.1, 0.15) is 6.10 Å². The van der Waals surface area contributed by atoms with E-state index in [1.807, 2.05) is 0 Å². The number of carbonyl (C=O) groups excluding carboxylic acids is 1. The second kappa shape index (κ2) is 8.39. The number of rotatable bonds is 8. The highest BCUT2D eigenvalue weighted by Gasteiger charge is 2.20. The Labute approximate surface area is 123 Å². The monoisotopic (exact) mass is 295 g/mol. The molecule has 116 valence electrons. The highest BCUT2D eigenvalue weighted by atomic mass is 16.4. The number of hydrogen-bond donors (Lipinski definition) is 4. The summed E-state index contributed by atoms with van der Waals surface area (Å²) in [5.74, 6) is -1.11. The third-order valence-corrected chi connectivity index (χ3v) is 3.16. The molecule has 0 bridgehead atoms. The summed E-state index contributed by atoms with van der Waals surface area (Å²) in [5.41, 5.74) is 1.22. The Balaban J connectivity index is 2.69. The molecule has 6 heteroatoms. The average molecular weight is 295 g/mol. The minimum absolute atomic E-state index is 0.0360. The number of benzene rings is 1. The molecule has 1 aromatic rings. The van der Waals surface area contributed by atoms with Gasteiger partial charge in [-0.25, -0.2) is 0 Å². The maximum absolute atomic E-state index is 10.8. The van der Waals surface area contributed by atoms with Crippen LogP contribution in [0, 0.1) is 0 Å². The van der Waals surface area contributed by atoms with Crippen LogP contribution in [0.1, 0.15) is 37.0 Å². The molecule has 0 aliphatic heterocycles. The molecule has 4 N–H and O–H groups in total. The number of amides is 1. The van der Waals surface area contributed by atoms with Crippen molar-refractivity contribution in [3.05, 3.63) is 35.4 Å². The molecule has 0 aliphatic rings. The van der Waals surface area contributed by atoms with Crippen LogP contribution in [-0.2, 0) is 16.0 Å². The van der Waals surface area contributed by atoms with Gasteiger partial charge in [-0.3, -0.25) is 9.59 Å². The molecule has 0 saturated carbocycles. The lowest BCUT2D eigenvalue weighted by molar-refractivity contribution is -0.137. The molecule has 1 amide bonds. The van der Waals surface area contributed by atoms with Crippen LogP contribution in [-0.4, -0.2) is 39.8 Å².